The van der Waals surface area contributed by atoms with E-state index in [1.165, 1.54) is 4.88 Å². The van der Waals surface area contributed by atoms with Gasteiger partial charge >= 0.3 is 0 Å². The molecule has 0 saturated heterocycles. The zero-order chi connectivity index (χ0) is 13.8. The number of aliphatic hydroxyl groups is 1. The number of aliphatic hydroxyl groups excluding tert-OH is 1. The number of aryl methyl sites for hydroxylation is 1. The van der Waals surface area contributed by atoms with Crippen molar-refractivity contribution in [3.63, 3.8) is 0 Å². The van der Waals surface area contributed by atoms with Gasteiger partial charge in [0.25, 0.3) is 0 Å². The first-order valence-corrected chi connectivity index (χ1v) is 7.35. The van der Waals surface area contributed by atoms with E-state index in [-0.39, 0.29) is 6.04 Å². The zero-order valence-electron chi connectivity index (χ0n) is 10.9. The van der Waals surface area contributed by atoms with Crippen molar-refractivity contribution in [1.82, 2.24) is 10.3 Å². The van der Waals surface area contributed by atoms with Gasteiger partial charge in [-0.25, -0.2) is 4.98 Å². The number of thiazole rings is 1. The van der Waals surface area contributed by atoms with Gasteiger partial charge in [0.1, 0.15) is 5.01 Å². The van der Waals surface area contributed by atoms with Gasteiger partial charge in [-0.3, -0.25) is 0 Å². The van der Waals surface area contributed by atoms with Crippen molar-refractivity contribution in [3.05, 3.63) is 50.9 Å². The molecule has 102 valence electrons. The Morgan fingerprint density at radius 2 is 2.05 bits per heavy atom. The number of hydrogen-bond acceptors (Lipinski definition) is 4. The summed E-state index contributed by atoms with van der Waals surface area (Å²) in [6.45, 7) is 4.57. The maximum Gasteiger partial charge on any atom is 0.109 e. The Hall–Kier alpha value is -0.940. The van der Waals surface area contributed by atoms with Gasteiger partial charge in [0, 0.05) is 22.6 Å². The highest BCUT2D eigenvalue weighted by Gasteiger charge is 2.12. The fourth-order valence-corrected chi connectivity index (χ4v) is 2.68. The summed E-state index contributed by atoms with van der Waals surface area (Å²) < 4.78 is 0. The second kappa shape index (κ2) is 6.48. The smallest absolute Gasteiger partial charge is 0.109 e. The minimum Gasteiger partial charge on any atom is -0.387 e. The van der Waals surface area contributed by atoms with E-state index >= 15 is 0 Å². The predicted molar refractivity (Wildman–Crippen MR) is 79.7 cm³/mol. The van der Waals surface area contributed by atoms with Crippen LogP contribution in [0.4, 0.5) is 0 Å². The van der Waals surface area contributed by atoms with Crippen LogP contribution in [0.1, 0.15) is 34.5 Å². The van der Waals surface area contributed by atoms with Gasteiger partial charge in [0.15, 0.2) is 0 Å². The largest absolute Gasteiger partial charge is 0.387 e. The first kappa shape index (κ1) is 14.5. The summed E-state index contributed by atoms with van der Waals surface area (Å²) in [5, 5.41) is 15.1. The van der Waals surface area contributed by atoms with E-state index in [1.54, 1.807) is 23.5 Å². The maximum absolute atomic E-state index is 10.1. The van der Waals surface area contributed by atoms with Crippen molar-refractivity contribution < 1.29 is 5.11 Å². The van der Waals surface area contributed by atoms with Gasteiger partial charge in [0.05, 0.1) is 12.1 Å². The molecule has 0 amide bonds. The SMILES string of the molecule is Cc1cnc(C(C)NCC(O)c2ccc(Cl)cc2)s1. The van der Waals surface area contributed by atoms with Gasteiger partial charge in [-0.15, -0.1) is 11.3 Å². The van der Waals surface area contributed by atoms with Gasteiger partial charge < -0.3 is 10.4 Å². The van der Waals surface area contributed by atoms with Gasteiger partial charge in [-0.1, -0.05) is 23.7 Å². The quantitative estimate of drug-likeness (QED) is 0.888. The van der Waals surface area contributed by atoms with E-state index < -0.39 is 6.10 Å². The van der Waals surface area contributed by atoms with Crippen LogP contribution in [0.25, 0.3) is 0 Å². The van der Waals surface area contributed by atoms with E-state index in [9.17, 15) is 5.11 Å². The Morgan fingerprint density at radius 3 is 2.63 bits per heavy atom. The molecule has 2 N–H and O–H groups in total. The number of aromatic nitrogens is 1. The lowest BCUT2D eigenvalue weighted by Crippen LogP contribution is -2.24. The van der Waals surface area contributed by atoms with Gasteiger partial charge in [-0.2, -0.15) is 0 Å². The molecular weight excluding hydrogens is 280 g/mol. The minimum absolute atomic E-state index is 0.139. The molecule has 2 aromatic rings. The van der Waals surface area contributed by atoms with Crippen LogP contribution in [0, 0.1) is 6.92 Å². The highest BCUT2D eigenvalue weighted by atomic mass is 35.5. The van der Waals surface area contributed by atoms with Crippen LogP contribution < -0.4 is 5.32 Å². The van der Waals surface area contributed by atoms with Crippen LogP contribution >= 0.6 is 22.9 Å². The highest BCUT2D eigenvalue weighted by molar-refractivity contribution is 7.11. The van der Waals surface area contributed by atoms with E-state index in [2.05, 4.69) is 10.3 Å². The zero-order valence-corrected chi connectivity index (χ0v) is 12.5. The van der Waals surface area contributed by atoms with Crippen LogP contribution in [-0.2, 0) is 0 Å². The maximum atomic E-state index is 10.1. The molecule has 0 fully saturated rings. The molecule has 1 aromatic carbocycles. The molecule has 3 nitrogen and oxygen atoms in total. The molecule has 19 heavy (non-hydrogen) atoms. The van der Waals surface area contributed by atoms with E-state index in [4.69, 9.17) is 11.6 Å². The van der Waals surface area contributed by atoms with Crippen LogP contribution in [0.3, 0.4) is 0 Å². The molecule has 0 bridgehead atoms. The first-order chi connectivity index (χ1) is 9.06. The molecule has 0 aliphatic rings. The van der Waals surface area contributed by atoms with Crippen molar-refractivity contribution in [3.8, 4) is 0 Å². The predicted octanol–water partition coefficient (Wildman–Crippen LogP) is 3.49. The molecule has 5 heteroatoms. The van der Waals surface area contributed by atoms with E-state index in [0.29, 0.717) is 11.6 Å². The molecule has 0 aliphatic heterocycles. The summed E-state index contributed by atoms with van der Waals surface area (Å²) in [5.74, 6) is 0. The lowest BCUT2D eigenvalue weighted by molar-refractivity contribution is 0.171. The molecule has 2 atom stereocenters. The van der Waals surface area contributed by atoms with Crippen molar-refractivity contribution in [2.45, 2.75) is 26.0 Å². The average Bonchev–Trinajstić information content (AvgIpc) is 2.83. The number of hydrogen-bond donors (Lipinski definition) is 2. The topological polar surface area (TPSA) is 45.2 Å². The highest BCUT2D eigenvalue weighted by Crippen LogP contribution is 2.20. The monoisotopic (exact) mass is 296 g/mol. The Balaban J connectivity index is 1.89. The molecule has 0 spiro atoms. The second-order valence-corrected chi connectivity index (χ2v) is 6.21. The van der Waals surface area contributed by atoms with Crippen LogP contribution in [-0.4, -0.2) is 16.6 Å². The molecule has 2 unspecified atom stereocenters. The molecule has 0 saturated carbocycles. The Bertz CT molecular complexity index is 526. The summed E-state index contributed by atoms with van der Waals surface area (Å²) in [4.78, 5) is 5.53. The Labute approximate surface area is 122 Å². The van der Waals surface area contributed by atoms with Crippen molar-refractivity contribution >= 4 is 22.9 Å². The fraction of sp³-hybridized carbons (Fsp3) is 0.357. The molecular formula is C14H17ClN2OS. The minimum atomic E-state index is -0.541. The summed E-state index contributed by atoms with van der Waals surface area (Å²) in [5.41, 5.74) is 0.861. The normalized spacial score (nSPS) is 14.3. The van der Waals surface area contributed by atoms with Crippen molar-refractivity contribution in [2.75, 3.05) is 6.54 Å². The van der Waals surface area contributed by atoms with Crippen molar-refractivity contribution in [1.29, 1.82) is 0 Å². The van der Waals surface area contributed by atoms with Crippen molar-refractivity contribution in [2.24, 2.45) is 0 Å². The van der Waals surface area contributed by atoms with Gasteiger partial charge in [0.2, 0.25) is 0 Å². The summed E-state index contributed by atoms with van der Waals surface area (Å²) >= 11 is 7.49. The second-order valence-electron chi connectivity index (χ2n) is 4.51. The summed E-state index contributed by atoms with van der Waals surface area (Å²) in [7, 11) is 0. The average molecular weight is 297 g/mol. The molecule has 1 heterocycles. The number of halogens is 1. The standard InChI is InChI=1S/C14H17ClN2OS/c1-9-7-17-14(19-9)10(2)16-8-13(18)11-3-5-12(15)6-4-11/h3-7,10,13,16,18H,8H2,1-2H3. The van der Waals surface area contributed by atoms with Gasteiger partial charge in [-0.05, 0) is 31.5 Å². The molecule has 0 aliphatic carbocycles. The first-order valence-electron chi connectivity index (χ1n) is 6.15. The number of rotatable bonds is 5. The molecule has 2 rings (SSSR count). The third kappa shape index (κ3) is 4.01. The number of nitrogens with one attached hydrogen (secondary N) is 1. The fourth-order valence-electron chi connectivity index (χ4n) is 1.75. The Morgan fingerprint density at radius 1 is 1.37 bits per heavy atom. The van der Waals surface area contributed by atoms with Crippen LogP contribution in [0.15, 0.2) is 30.5 Å². The third-order valence-corrected chi connectivity index (χ3v) is 4.23. The Kier molecular flexibility index (Phi) is 4.93. The van der Waals surface area contributed by atoms with E-state index in [0.717, 1.165) is 10.6 Å². The number of benzene rings is 1. The van der Waals surface area contributed by atoms with Crippen LogP contribution in [0.5, 0.6) is 0 Å². The molecule has 1 aromatic heterocycles. The summed E-state index contributed by atoms with van der Waals surface area (Å²) in [6.07, 6.45) is 1.33. The number of nitrogens with zero attached hydrogens (tertiary/aromatic N) is 1. The lowest BCUT2D eigenvalue weighted by Gasteiger charge is -2.16. The summed E-state index contributed by atoms with van der Waals surface area (Å²) in [6, 6.07) is 7.39. The van der Waals surface area contributed by atoms with E-state index in [1.807, 2.05) is 32.2 Å². The van der Waals surface area contributed by atoms with Crippen LogP contribution in [0.2, 0.25) is 5.02 Å². The lowest BCUT2D eigenvalue weighted by atomic mass is 10.1. The molecule has 0 radical (unpaired) electrons. The third-order valence-electron chi connectivity index (χ3n) is 2.88.